The average molecular weight is 1550 g/mol. The molecule has 0 saturated carbocycles. The molecule has 0 bridgehead atoms. The summed E-state index contributed by atoms with van der Waals surface area (Å²) < 4.78 is 25.0. The summed E-state index contributed by atoms with van der Waals surface area (Å²) in [5.74, 6) is 1.63. The highest BCUT2D eigenvalue weighted by atomic mass is 16.5. The van der Waals surface area contributed by atoms with Gasteiger partial charge < -0.3 is 27.9 Å². The van der Waals surface area contributed by atoms with Gasteiger partial charge in [0.2, 0.25) is 0 Å². The van der Waals surface area contributed by atoms with Crippen molar-refractivity contribution < 1.29 is 13.6 Å². The van der Waals surface area contributed by atoms with Crippen LogP contribution in [-0.4, -0.2) is 11.3 Å². The van der Waals surface area contributed by atoms with Crippen LogP contribution in [0.4, 0.5) is 34.1 Å². The van der Waals surface area contributed by atoms with Crippen LogP contribution in [0.15, 0.2) is 336 Å². The van der Waals surface area contributed by atoms with Crippen molar-refractivity contribution >= 4 is 123 Å². The highest BCUT2D eigenvalue weighted by Gasteiger charge is 2.54. The van der Waals surface area contributed by atoms with Crippen LogP contribution in [0.3, 0.4) is 0 Å². The number of rotatable bonds is 7. The molecular formula is C113H90BN3O3. The second kappa shape index (κ2) is 25.7. The molecule has 16 aromatic carbocycles. The number of nitrogens with zero attached hydrogens (tertiary/aromatic N) is 3. The van der Waals surface area contributed by atoms with Gasteiger partial charge in [-0.1, -0.05) is 326 Å². The fourth-order valence-corrected chi connectivity index (χ4v) is 20.6. The maximum absolute atomic E-state index is 7.82. The molecule has 1 spiro atoms. The van der Waals surface area contributed by atoms with Gasteiger partial charge >= 0.3 is 0 Å². The number of hydrogen-bond donors (Lipinski definition) is 0. The summed E-state index contributed by atoms with van der Waals surface area (Å²) in [5.41, 5.74) is 35.6. The molecule has 0 fully saturated rings. The first-order valence-electron chi connectivity index (χ1n) is 42.5. The van der Waals surface area contributed by atoms with E-state index in [2.05, 4.69) is 425 Å². The number of para-hydroxylation sites is 4. The third kappa shape index (κ3) is 10.6. The van der Waals surface area contributed by atoms with Crippen LogP contribution in [0.1, 0.15) is 128 Å². The number of fused-ring (bicyclic) bond motifs is 22. The Labute approximate surface area is 701 Å². The van der Waals surface area contributed by atoms with E-state index in [1.165, 1.54) is 55.3 Å². The summed E-state index contributed by atoms with van der Waals surface area (Å²) in [7, 11) is 0. The monoisotopic (exact) mass is 1550 g/mol. The predicted octanol–water partition coefficient (Wildman–Crippen LogP) is 29.0. The van der Waals surface area contributed by atoms with E-state index in [-0.39, 0.29) is 21.7 Å². The molecule has 3 aromatic heterocycles. The zero-order chi connectivity index (χ0) is 81.4. The second-order valence-corrected chi connectivity index (χ2v) is 37.9. The van der Waals surface area contributed by atoms with Crippen molar-refractivity contribution in [3.63, 3.8) is 0 Å². The van der Waals surface area contributed by atoms with Gasteiger partial charge in [0, 0.05) is 78.3 Å². The minimum atomic E-state index is -0.816. The minimum Gasteiger partial charge on any atom is -0.457 e. The van der Waals surface area contributed by atoms with Crippen LogP contribution in [0, 0.1) is 0 Å². The van der Waals surface area contributed by atoms with Gasteiger partial charge in [0.15, 0.2) is 0 Å². The Morgan fingerprint density at radius 3 is 1.27 bits per heavy atom. The quantitative estimate of drug-likeness (QED) is 0.149. The van der Waals surface area contributed by atoms with Crippen molar-refractivity contribution in [2.45, 2.75) is 110 Å². The Morgan fingerprint density at radius 1 is 0.275 bits per heavy atom. The van der Waals surface area contributed by atoms with E-state index in [9.17, 15) is 0 Å². The van der Waals surface area contributed by atoms with Crippen LogP contribution >= 0.6 is 0 Å². The standard InChI is InChI=1S/C113H90BN3O3/c1-109(2,3)73-55-71(56-74(62-73)110(4,5)6)78-50-53-101-104(84-38-22-28-44-98(84)118-101)107(78)116-94-64-77(115-92-43-27-21-37-82(92)83-49-47-69(59-93(83)115)67-31-15-13-16-32-67)48-52-90(94)114-91-65-89-103(120-100-46-30-26-42-88(100)113(89)86-40-24-19-35-80(86)81-36-20-25-41-87(81)113)66-95(91)117(97-61-70(60-96(116)106(97)114)68-33-17-14-18-34-68)108-79(51-54-102-105(108)85-39-23-29-45-99(85)119-102)72-57-75(111(7,8)9)63-76(58-72)112(10,11)12/h13-66H,1-12H3. The number of ether oxygens (including phenoxy) is 1. The van der Waals surface area contributed by atoms with Crippen molar-refractivity contribution in [3.05, 3.63) is 372 Å². The van der Waals surface area contributed by atoms with E-state index in [1.807, 2.05) is 0 Å². The Morgan fingerprint density at radius 2 is 0.733 bits per heavy atom. The molecule has 23 rings (SSSR count). The molecule has 0 radical (unpaired) electrons. The summed E-state index contributed by atoms with van der Waals surface area (Å²) in [5, 5.41) is 6.49. The normalized spacial score (nSPS) is 13.9. The molecule has 0 unspecified atom stereocenters. The molecule has 120 heavy (non-hydrogen) atoms. The fraction of sp³-hybridized carbons (Fsp3) is 0.150. The largest absolute Gasteiger partial charge is 0.457 e. The molecule has 0 amide bonds. The molecule has 19 aromatic rings. The maximum Gasteiger partial charge on any atom is 0.252 e. The van der Waals surface area contributed by atoms with Crippen LogP contribution in [0.25, 0.3) is 127 Å². The molecule has 0 saturated heterocycles. The molecular weight excluding hydrogens is 1460 g/mol. The lowest BCUT2D eigenvalue weighted by Crippen LogP contribution is -2.61. The van der Waals surface area contributed by atoms with Crippen LogP contribution in [-0.2, 0) is 27.1 Å². The van der Waals surface area contributed by atoms with Crippen molar-refractivity contribution in [2.75, 3.05) is 9.80 Å². The van der Waals surface area contributed by atoms with Gasteiger partial charge in [-0.15, -0.1) is 0 Å². The Kier molecular flexibility index (Phi) is 15.4. The second-order valence-electron chi connectivity index (χ2n) is 37.9. The van der Waals surface area contributed by atoms with Gasteiger partial charge in [0.1, 0.15) is 33.8 Å². The van der Waals surface area contributed by atoms with Gasteiger partial charge in [-0.3, -0.25) is 0 Å². The summed E-state index contributed by atoms with van der Waals surface area (Å²) in [6.07, 6.45) is 0. The molecule has 6 nitrogen and oxygen atoms in total. The lowest BCUT2D eigenvalue weighted by molar-refractivity contribution is 0.437. The van der Waals surface area contributed by atoms with Crippen LogP contribution in [0.5, 0.6) is 11.5 Å². The fourth-order valence-electron chi connectivity index (χ4n) is 20.6. The van der Waals surface area contributed by atoms with E-state index < -0.39 is 12.1 Å². The summed E-state index contributed by atoms with van der Waals surface area (Å²) >= 11 is 0. The minimum absolute atomic E-state index is 0.204. The SMILES string of the molecule is CC(C)(C)c1cc(-c2ccc3oc4ccccc4c3c2N2c3cc(-n4c5ccccc5c5ccc(-c6ccccc6)cc54)ccc3B3c4cc5c(cc4N(c4c(-c6cc(C(C)(C)C)cc(C(C)(C)C)c6)ccc6oc7ccccc7c46)c4cc(-c6ccccc6)cc2c43)Oc2ccccc2C52c3ccccc3-c3ccccc32)cc(C(C)(C)C)c1. The predicted molar refractivity (Wildman–Crippen MR) is 503 cm³/mol. The van der Waals surface area contributed by atoms with Crippen LogP contribution < -0.4 is 30.9 Å². The number of hydrogen-bond acceptors (Lipinski definition) is 5. The Balaban J connectivity index is 0.931. The average Bonchev–Trinajstić information content (AvgIpc) is 1.56. The number of aromatic nitrogens is 1. The van der Waals surface area contributed by atoms with Gasteiger partial charge in [-0.05, 0) is 195 Å². The Bertz CT molecular complexity index is 7460. The van der Waals surface area contributed by atoms with E-state index in [4.69, 9.17) is 13.6 Å². The number of furan rings is 2. The van der Waals surface area contributed by atoms with E-state index in [0.29, 0.717) is 0 Å². The molecule has 4 aliphatic rings. The number of benzene rings is 16. The molecule has 1 aliphatic carbocycles. The smallest absolute Gasteiger partial charge is 0.252 e. The van der Waals surface area contributed by atoms with Crippen molar-refractivity contribution in [2.24, 2.45) is 0 Å². The molecule has 0 atom stereocenters. The van der Waals surface area contributed by atoms with E-state index >= 15 is 0 Å². The zero-order valence-electron chi connectivity index (χ0n) is 69.8. The maximum atomic E-state index is 7.82. The van der Waals surface area contributed by atoms with Crippen LogP contribution in [0.2, 0.25) is 0 Å². The lowest BCUT2D eigenvalue weighted by atomic mass is 9.33. The van der Waals surface area contributed by atoms with Gasteiger partial charge in [0.05, 0.1) is 38.6 Å². The third-order valence-electron chi connectivity index (χ3n) is 26.6. The highest BCUT2D eigenvalue weighted by Crippen LogP contribution is 2.64. The van der Waals surface area contributed by atoms with E-state index in [0.717, 1.165) is 178 Å². The van der Waals surface area contributed by atoms with Gasteiger partial charge in [0.25, 0.3) is 6.71 Å². The van der Waals surface area contributed by atoms with Crippen molar-refractivity contribution in [3.8, 4) is 72.8 Å². The molecule has 0 N–H and O–H groups in total. The van der Waals surface area contributed by atoms with Crippen molar-refractivity contribution in [1.82, 2.24) is 4.57 Å². The Hall–Kier alpha value is -13.6. The van der Waals surface area contributed by atoms with E-state index in [1.54, 1.807) is 0 Å². The highest BCUT2D eigenvalue weighted by molar-refractivity contribution is 7.00. The third-order valence-corrected chi connectivity index (χ3v) is 26.6. The molecule has 7 heteroatoms. The molecule has 3 aliphatic heterocycles. The lowest BCUT2D eigenvalue weighted by Gasteiger charge is -2.47. The summed E-state index contributed by atoms with van der Waals surface area (Å²) in [4.78, 5) is 5.40. The molecule has 578 valence electrons. The summed E-state index contributed by atoms with van der Waals surface area (Å²) in [6, 6.07) is 124. The zero-order valence-corrected chi connectivity index (χ0v) is 69.8. The van der Waals surface area contributed by atoms with Gasteiger partial charge in [-0.2, -0.15) is 0 Å². The first kappa shape index (κ1) is 71.7. The number of anilines is 6. The topological polar surface area (TPSA) is 46.9 Å². The molecule has 6 heterocycles. The van der Waals surface area contributed by atoms with Gasteiger partial charge in [-0.25, -0.2) is 0 Å². The summed E-state index contributed by atoms with van der Waals surface area (Å²) in [6.45, 7) is 27.8. The van der Waals surface area contributed by atoms with Crippen molar-refractivity contribution in [1.29, 1.82) is 0 Å². The first-order chi connectivity index (χ1) is 58.0. The first-order valence-corrected chi connectivity index (χ1v) is 42.5.